The van der Waals surface area contributed by atoms with E-state index in [0.717, 1.165) is 0 Å². The number of H-pyrrole nitrogens is 1. The van der Waals surface area contributed by atoms with Crippen LogP contribution in [-0.2, 0) is 4.74 Å². The number of hydrogen-bond acceptors (Lipinski definition) is 5. The molecule has 1 aromatic heterocycles. The highest BCUT2D eigenvalue weighted by Crippen LogP contribution is 2.27. The average molecular weight is 466 g/mol. The van der Waals surface area contributed by atoms with Gasteiger partial charge in [-0.2, -0.15) is 0 Å². The summed E-state index contributed by atoms with van der Waals surface area (Å²) in [5.41, 5.74) is 1.38. The Morgan fingerprint density at radius 2 is 1.68 bits per heavy atom. The van der Waals surface area contributed by atoms with Crippen molar-refractivity contribution >= 4 is 12.0 Å². The maximum atomic E-state index is 13.4. The minimum absolute atomic E-state index is 0.158. The number of carbonyl (C=O) groups is 2. The molecule has 10 nitrogen and oxygen atoms in total. The van der Waals surface area contributed by atoms with E-state index in [0.29, 0.717) is 35.9 Å². The number of ether oxygens (including phenoxy) is 2. The smallest absolute Gasteiger partial charge is 0.407 e. The predicted octanol–water partition coefficient (Wildman–Crippen LogP) is 2.29. The molecule has 1 fully saturated rings. The molecule has 2 amide bonds. The third kappa shape index (κ3) is 4.81. The molecule has 0 unspecified atom stereocenters. The number of hydrogen-bond donors (Lipinski definition) is 2. The van der Waals surface area contributed by atoms with Crippen LogP contribution >= 0.6 is 0 Å². The fourth-order valence-corrected chi connectivity index (χ4v) is 3.92. The number of rotatable bonds is 7. The number of piperazine rings is 1. The van der Waals surface area contributed by atoms with E-state index < -0.39 is 11.8 Å². The molecule has 2 aromatic carbocycles. The van der Waals surface area contributed by atoms with Gasteiger partial charge in [0.15, 0.2) is 0 Å². The molecule has 1 aliphatic rings. The zero-order chi connectivity index (χ0) is 24.1. The van der Waals surface area contributed by atoms with Gasteiger partial charge in [-0.05, 0) is 12.1 Å². The molecule has 4 rings (SSSR count). The van der Waals surface area contributed by atoms with Gasteiger partial charge in [0, 0.05) is 44.9 Å². The van der Waals surface area contributed by atoms with Crippen LogP contribution in [0.15, 0.2) is 59.4 Å². The zero-order valence-electron chi connectivity index (χ0n) is 18.8. The summed E-state index contributed by atoms with van der Waals surface area (Å²) in [7, 11) is 1.59. The SMILES string of the molecule is COCCOc1cccc(-n2c(-c3ccccc3)c(C(=O)N3CCN(C(=O)O)CC3)[nH]c2=O)c1. The maximum absolute atomic E-state index is 13.4. The fraction of sp³-hybridized carbons (Fsp3) is 0.292. The molecular formula is C24H26N4O6. The van der Waals surface area contributed by atoms with Crippen molar-refractivity contribution < 1.29 is 24.2 Å². The number of aromatic amines is 1. The Morgan fingerprint density at radius 1 is 0.971 bits per heavy atom. The van der Waals surface area contributed by atoms with E-state index in [1.807, 2.05) is 30.3 Å². The van der Waals surface area contributed by atoms with Gasteiger partial charge in [0.1, 0.15) is 18.1 Å². The van der Waals surface area contributed by atoms with Gasteiger partial charge in [-0.3, -0.25) is 9.36 Å². The molecule has 10 heteroatoms. The van der Waals surface area contributed by atoms with Gasteiger partial charge in [-0.15, -0.1) is 0 Å². The quantitative estimate of drug-likeness (QED) is 0.516. The Hall–Kier alpha value is -4.05. The Bertz CT molecular complexity index is 1210. The molecule has 0 bridgehead atoms. The summed E-state index contributed by atoms with van der Waals surface area (Å²) < 4.78 is 12.2. The van der Waals surface area contributed by atoms with E-state index in [-0.39, 0.29) is 37.8 Å². The lowest BCUT2D eigenvalue weighted by molar-refractivity contribution is 0.0620. The van der Waals surface area contributed by atoms with Crippen LogP contribution < -0.4 is 10.4 Å². The van der Waals surface area contributed by atoms with Crippen molar-refractivity contribution in [3.63, 3.8) is 0 Å². The number of nitrogens with one attached hydrogen (secondary N) is 1. The van der Waals surface area contributed by atoms with Crippen LogP contribution in [-0.4, -0.2) is 83.0 Å². The molecule has 1 aliphatic heterocycles. The molecule has 34 heavy (non-hydrogen) atoms. The molecule has 178 valence electrons. The van der Waals surface area contributed by atoms with Gasteiger partial charge in [0.2, 0.25) is 0 Å². The van der Waals surface area contributed by atoms with E-state index in [1.54, 1.807) is 36.3 Å². The molecule has 1 saturated heterocycles. The summed E-state index contributed by atoms with van der Waals surface area (Å²) in [5, 5.41) is 9.18. The van der Waals surface area contributed by atoms with Crippen molar-refractivity contribution in [1.82, 2.24) is 19.4 Å². The number of carbonyl (C=O) groups excluding carboxylic acids is 1. The van der Waals surface area contributed by atoms with Crippen molar-refractivity contribution in [2.45, 2.75) is 0 Å². The Kier molecular flexibility index (Phi) is 6.98. The summed E-state index contributed by atoms with van der Waals surface area (Å²) in [6.45, 7) is 1.71. The largest absolute Gasteiger partial charge is 0.491 e. The van der Waals surface area contributed by atoms with Gasteiger partial charge < -0.3 is 29.4 Å². The van der Waals surface area contributed by atoms with Crippen LogP contribution in [0.2, 0.25) is 0 Å². The highest BCUT2D eigenvalue weighted by atomic mass is 16.5. The lowest BCUT2D eigenvalue weighted by Crippen LogP contribution is -2.50. The maximum Gasteiger partial charge on any atom is 0.407 e. The Labute approximate surface area is 195 Å². The molecule has 0 radical (unpaired) electrons. The first-order valence-corrected chi connectivity index (χ1v) is 10.9. The number of aromatic nitrogens is 2. The average Bonchev–Trinajstić information content (AvgIpc) is 3.21. The summed E-state index contributed by atoms with van der Waals surface area (Å²) in [4.78, 5) is 43.3. The van der Waals surface area contributed by atoms with Crippen LogP contribution in [0.25, 0.3) is 16.9 Å². The second kappa shape index (κ2) is 10.3. The molecule has 3 aromatic rings. The molecule has 2 heterocycles. The Balaban J connectivity index is 1.73. The van der Waals surface area contributed by atoms with Gasteiger partial charge in [-0.25, -0.2) is 9.59 Å². The molecule has 0 aliphatic carbocycles. The molecule has 0 saturated carbocycles. The number of carboxylic acid groups (broad SMARTS) is 1. The first-order chi connectivity index (χ1) is 16.5. The Morgan fingerprint density at radius 3 is 2.35 bits per heavy atom. The topological polar surface area (TPSA) is 117 Å². The first kappa shape index (κ1) is 23.1. The van der Waals surface area contributed by atoms with Crippen molar-refractivity contribution in [2.24, 2.45) is 0 Å². The summed E-state index contributed by atoms with van der Waals surface area (Å²) in [6, 6.07) is 16.2. The van der Waals surface area contributed by atoms with Gasteiger partial charge in [0.05, 0.1) is 18.0 Å². The van der Waals surface area contributed by atoms with Crippen molar-refractivity contribution in [3.8, 4) is 22.7 Å². The van der Waals surface area contributed by atoms with Gasteiger partial charge in [0.25, 0.3) is 5.91 Å². The van der Waals surface area contributed by atoms with Crippen LogP contribution in [0.1, 0.15) is 10.5 Å². The van der Waals surface area contributed by atoms with E-state index in [4.69, 9.17) is 9.47 Å². The number of benzene rings is 2. The van der Waals surface area contributed by atoms with Crippen molar-refractivity contribution in [3.05, 3.63) is 70.8 Å². The lowest BCUT2D eigenvalue weighted by atomic mass is 10.1. The number of imidazole rings is 1. The number of methoxy groups -OCH3 is 1. The second-order valence-electron chi connectivity index (χ2n) is 7.76. The standard InChI is InChI=1S/C24H26N4O6/c1-33-14-15-34-19-9-5-8-18(16-19)28-21(17-6-3-2-4-7-17)20(25-23(28)30)22(29)26-10-12-27(13-11-26)24(31)32/h2-9,16H,10-15H2,1H3,(H,25,30)(H,31,32). The van der Waals surface area contributed by atoms with E-state index in [1.165, 1.54) is 9.47 Å². The lowest BCUT2D eigenvalue weighted by Gasteiger charge is -2.33. The predicted molar refractivity (Wildman–Crippen MR) is 125 cm³/mol. The minimum Gasteiger partial charge on any atom is -0.491 e. The number of amides is 2. The summed E-state index contributed by atoms with van der Waals surface area (Å²) in [6.07, 6.45) is -1.01. The number of nitrogens with zero attached hydrogens (tertiary/aromatic N) is 3. The summed E-state index contributed by atoms with van der Waals surface area (Å²) >= 11 is 0. The first-order valence-electron chi connectivity index (χ1n) is 10.9. The van der Waals surface area contributed by atoms with Crippen LogP contribution in [0, 0.1) is 0 Å². The highest BCUT2D eigenvalue weighted by molar-refractivity contribution is 5.98. The van der Waals surface area contributed by atoms with Gasteiger partial charge in [-0.1, -0.05) is 36.4 Å². The van der Waals surface area contributed by atoms with Crippen LogP contribution in [0.5, 0.6) is 5.75 Å². The molecule has 2 N–H and O–H groups in total. The summed E-state index contributed by atoms with van der Waals surface area (Å²) in [5.74, 6) is 0.214. The normalized spacial score (nSPS) is 13.7. The highest BCUT2D eigenvalue weighted by Gasteiger charge is 2.29. The molecule has 0 spiro atoms. The zero-order valence-corrected chi connectivity index (χ0v) is 18.8. The third-order valence-corrected chi connectivity index (χ3v) is 5.63. The van der Waals surface area contributed by atoms with E-state index >= 15 is 0 Å². The van der Waals surface area contributed by atoms with Crippen LogP contribution in [0.4, 0.5) is 4.79 Å². The van der Waals surface area contributed by atoms with Crippen molar-refractivity contribution in [2.75, 3.05) is 46.5 Å². The van der Waals surface area contributed by atoms with E-state index in [9.17, 15) is 19.5 Å². The van der Waals surface area contributed by atoms with Gasteiger partial charge >= 0.3 is 11.8 Å². The third-order valence-electron chi connectivity index (χ3n) is 5.63. The van der Waals surface area contributed by atoms with Crippen LogP contribution in [0.3, 0.4) is 0 Å². The monoisotopic (exact) mass is 466 g/mol. The molecular weight excluding hydrogens is 440 g/mol. The minimum atomic E-state index is -1.01. The molecule has 0 atom stereocenters. The van der Waals surface area contributed by atoms with E-state index in [2.05, 4.69) is 4.98 Å². The second-order valence-corrected chi connectivity index (χ2v) is 7.76. The fourth-order valence-electron chi connectivity index (χ4n) is 3.92. The van der Waals surface area contributed by atoms with Crippen molar-refractivity contribution in [1.29, 1.82) is 0 Å².